The van der Waals surface area contributed by atoms with Gasteiger partial charge in [-0.15, -0.1) is 0 Å². The maximum atomic E-state index is 13.1. The van der Waals surface area contributed by atoms with Crippen molar-refractivity contribution in [1.82, 2.24) is 15.3 Å². The highest BCUT2D eigenvalue weighted by molar-refractivity contribution is 6.29. The second-order valence-electron chi connectivity index (χ2n) is 6.73. The molecule has 1 aliphatic rings. The van der Waals surface area contributed by atoms with Gasteiger partial charge in [-0.2, -0.15) is 13.2 Å². The summed E-state index contributed by atoms with van der Waals surface area (Å²) in [5.41, 5.74) is -0.659. The summed E-state index contributed by atoms with van der Waals surface area (Å²) in [6.45, 7) is 2.85. The van der Waals surface area contributed by atoms with E-state index >= 15 is 0 Å². The summed E-state index contributed by atoms with van der Waals surface area (Å²) in [5, 5.41) is 3.02. The van der Waals surface area contributed by atoms with Crippen molar-refractivity contribution in [2.75, 3.05) is 18.0 Å². The Kier molecular flexibility index (Phi) is 6.07. The van der Waals surface area contributed by atoms with Crippen LogP contribution in [-0.2, 0) is 17.5 Å². The molecule has 5 nitrogen and oxygen atoms in total. The first-order chi connectivity index (χ1) is 13.2. The van der Waals surface area contributed by atoms with Crippen molar-refractivity contribution in [3.63, 3.8) is 0 Å². The number of halogens is 4. The lowest BCUT2D eigenvalue weighted by atomic mass is 9.95. The standard InChI is InChI=1S/C19H20ClF3N4O/c1-12-25-16(20)10-17(26-12)27-8-6-13(7-9-27)18(28)24-11-14-4-2-3-5-15(14)19(21,22)23/h2-5,10,13H,6-9,11H2,1H3,(H,24,28). The van der Waals surface area contributed by atoms with Crippen LogP contribution in [0.15, 0.2) is 30.3 Å². The van der Waals surface area contributed by atoms with Crippen molar-refractivity contribution in [1.29, 1.82) is 0 Å². The van der Waals surface area contributed by atoms with E-state index < -0.39 is 11.7 Å². The third-order valence-corrected chi connectivity index (χ3v) is 4.95. The molecule has 1 fully saturated rings. The van der Waals surface area contributed by atoms with E-state index in [0.29, 0.717) is 36.9 Å². The van der Waals surface area contributed by atoms with Gasteiger partial charge in [0.1, 0.15) is 16.8 Å². The summed E-state index contributed by atoms with van der Waals surface area (Å²) in [4.78, 5) is 22.8. The van der Waals surface area contributed by atoms with Crippen LogP contribution in [0.5, 0.6) is 0 Å². The second kappa shape index (κ2) is 8.34. The lowest BCUT2D eigenvalue weighted by molar-refractivity contribution is -0.138. The Balaban J connectivity index is 1.56. The van der Waals surface area contributed by atoms with E-state index in [0.717, 1.165) is 11.9 Å². The van der Waals surface area contributed by atoms with Crippen LogP contribution in [0, 0.1) is 12.8 Å². The summed E-state index contributed by atoms with van der Waals surface area (Å²) in [5.74, 6) is 0.822. The largest absolute Gasteiger partial charge is 0.416 e. The topological polar surface area (TPSA) is 58.1 Å². The van der Waals surface area contributed by atoms with Crippen molar-refractivity contribution < 1.29 is 18.0 Å². The number of rotatable bonds is 4. The molecule has 3 rings (SSSR count). The highest BCUT2D eigenvalue weighted by Gasteiger charge is 2.33. The van der Waals surface area contributed by atoms with Gasteiger partial charge in [-0.1, -0.05) is 29.8 Å². The summed E-state index contributed by atoms with van der Waals surface area (Å²) >= 11 is 5.97. The molecule has 1 saturated heterocycles. The first-order valence-corrected chi connectivity index (χ1v) is 9.31. The van der Waals surface area contributed by atoms with Crippen molar-refractivity contribution in [3.8, 4) is 0 Å². The van der Waals surface area contributed by atoms with Crippen LogP contribution >= 0.6 is 11.6 Å². The lowest BCUT2D eigenvalue weighted by Gasteiger charge is -2.32. The fourth-order valence-corrected chi connectivity index (χ4v) is 3.55. The van der Waals surface area contributed by atoms with E-state index in [1.165, 1.54) is 18.2 Å². The van der Waals surface area contributed by atoms with Gasteiger partial charge in [0.25, 0.3) is 0 Å². The number of nitrogens with one attached hydrogen (secondary N) is 1. The molecule has 1 aliphatic heterocycles. The van der Waals surface area contributed by atoms with Gasteiger partial charge in [0, 0.05) is 31.6 Å². The molecule has 0 atom stereocenters. The molecule has 1 aromatic carbocycles. The van der Waals surface area contributed by atoms with E-state index in [1.54, 1.807) is 13.0 Å². The zero-order valence-corrected chi connectivity index (χ0v) is 16.0. The Labute approximate surface area is 165 Å². The van der Waals surface area contributed by atoms with Gasteiger partial charge in [-0.25, -0.2) is 9.97 Å². The van der Waals surface area contributed by atoms with E-state index in [2.05, 4.69) is 15.3 Å². The van der Waals surface area contributed by atoms with Crippen LogP contribution in [0.25, 0.3) is 0 Å². The molecule has 0 aliphatic carbocycles. The number of piperidine rings is 1. The van der Waals surface area contributed by atoms with Crippen molar-refractivity contribution in [2.24, 2.45) is 5.92 Å². The van der Waals surface area contributed by atoms with Crippen LogP contribution < -0.4 is 10.2 Å². The molecule has 9 heteroatoms. The molecule has 1 aromatic heterocycles. The monoisotopic (exact) mass is 412 g/mol. The van der Waals surface area contributed by atoms with Crippen molar-refractivity contribution in [3.05, 3.63) is 52.4 Å². The molecule has 0 unspecified atom stereocenters. The van der Waals surface area contributed by atoms with Crippen LogP contribution in [0.2, 0.25) is 5.15 Å². The highest BCUT2D eigenvalue weighted by atomic mass is 35.5. The normalized spacial score (nSPS) is 15.5. The molecule has 0 radical (unpaired) electrons. The molecule has 0 bridgehead atoms. The fraction of sp³-hybridized carbons (Fsp3) is 0.421. The number of benzene rings is 1. The molecule has 0 spiro atoms. The summed E-state index contributed by atoms with van der Waals surface area (Å²) in [6, 6.07) is 6.96. The van der Waals surface area contributed by atoms with E-state index in [4.69, 9.17) is 11.6 Å². The number of anilines is 1. The van der Waals surface area contributed by atoms with Crippen LogP contribution in [0.1, 0.15) is 29.8 Å². The number of amides is 1. The fourth-order valence-electron chi connectivity index (χ4n) is 3.33. The summed E-state index contributed by atoms with van der Waals surface area (Å²) in [7, 11) is 0. The van der Waals surface area contributed by atoms with Crippen molar-refractivity contribution >= 4 is 23.3 Å². The third-order valence-electron chi connectivity index (χ3n) is 4.76. The van der Waals surface area contributed by atoms with Crippen LogP contribution in [-0.4, -0.2) is 29.0 Å². The van der Waals surface area contributed by atoms with Gasteiger partial charge in [-0.3, -0.25) is 4.79 Å². The Morgan fingerprint density at radius 1 is 1.25 bits per heavy atom. The SMILES string of the molecule is Cc1nc(Cl)cc(N2CCC(C(=O)NCc3ccccc3C(F)(F)F)CC2)n1. The number of carbonyl (C=O) groups is 1. The van der Waals surface area contributed by atoms with E-state index in [1.807, 2.05) is 4.90 Å². The van der Waals surface area contributed by atoms with Gasteiger partial charge in [0.2, 0.25) is 5.91 Å². The minimum absolute atomic E-state index is 0.0619. The van der Waals surface area contributed by atoms with Gasteiger partial charge in [0.05, 0.1) is 5.56 Å². The predicted molar refractivity (Wildman–Crippen MR) is 100 cm³/mol. The minimum atomic E-state index is -4.44. The van der Waals surface area contributed by atoms with Gasteiger partial charge in [0.15, 0.2) is 0 Å². The van der Waals surface area contributed by atoms with Crippen LogP contribution in [0.3, 0.4) is 0 Å². The molecule has 1 N–H and O–H groups in total. The number of nitrogens with zero attached hydrogens (tertiary/aromatic N) is 3. The summed E-state index contributed by atoms with van der Waals surface area (Å²) in [6.07, 6.45) is -3.26. The lowest BCUT2D eigenvalue weighted by Crippen LogP contribution is -2.40. The Morgan fingerprint density at radius 2 is 1.93 bits per heavy atom. The Hall–Kier alpha value is -2.35. The first-order valence-electron chi connectivity index (χ1n) is 8.93. The zero-order valence-electron chi connectivity index (χ0n) is 15.3. The third kappa shape index (κ3) is 4.92. The number of hydrogen-bond donors (Lipinski definition) is 1. The smallest absolute Gasteiger partial charge is 0.356 e. The molecular formula is C19H20ClF3N4O. The number of carbonyl (C=O) groups excluding carboxylic acids is 1. The number of hydrogen-bond acceptors (Lipinski definition) is 4. The molecule has 0 saturated carbocycles. The van der Waals surface area contributed by atoms with E-state index in [9.17, 15) is 18.0 Å². The highest BCUT2D eigenvalue weighted by Crippen LogP contribution is 2.32. The maximum absolute atomic E-state index is 13.1. The van der Waals surface area contributed by atoms with E-state index in [-0.39, 0.29) is 23.9 Å². The maximum Gasteiger partial charge on any atom is 0.416 e. The molecule has 150 valence electrons. The molecule has 1 amide bonds. The zero-order chi connectivity index (χ0) is 20.3. The average Bonchev–Trinajstić information content (AvgIpc) is 2.65. The summed E-state index contributed by atoms with van der Waals surface area (Å²) < 4.78 is 39.2. The van der Waals surface area contributed by atoms with Gasteiger partial charge in [-0.05, 0) is 31.4 Å². The number of aryl methyl sites for hydroxylation is 1. The predicted octanol–water partition coefficient (Wildman–Crippen LogP) is 3.99. The molecular weight excluding hydrogens is 393 g/mol. The van der Waals surface area contributed by atoms with Crippen molar-refractivity contribution in [2.45, 2.75) is 32.5 Å². The number of alkyl halides is 3. The molecule has 2 aromatic rings. The Bertz CT molecular complexity index is 831. The van der Waals surface area contributed by atoms with Gasteiger partial charge < -0.3 is 10.2 Å². The molecule has 2 heterocycles. The second-order valence-corrected chi connectivity index (χ2v) is 7.12. The minimum Gasteiger partial charge on any atom is -0.356 e. The quantitative estimate of drug-likeness (QED) is 0.771. The first kappa shape index (κ1) is 20.4. The molecule has 28 heavy (non-hydrogen) atoms. The number of aromatic nitrogens is 2. The van der Waals surface area contributed by atoms with Crippen LogP contribution in [0.4, 0.5) is 19.0 Å². The average molecular weight is 413 g/mol. The van der Waals surface area contributed by atoms with Gasteiger partial charge >= 0.3 is 6.18 Å². The Morgan fingerprint density at radius 3 is 2.57 bits per heavy atom.